The van der Waals surface area contributed by atoms with Crippen molar-refractivity contribution in [3.05, 3.63) is 34.4 Å². The van der Waals surface area contributed by atoms with E-state index in [9.17, 15) is 20.1 Å². The van der Waals surface area contributed by atoms with E-state index in [1.807, 2.05) is 6.08 Å². The average Bonchev–Trinajstić information content (AvgIpc) is 3.02. The van der Waals surface area contributed by atoms with Gasteiger partial charge in [-0.1, -0.05) is 45.4 Å². The molecular formula is C25H36O6. The van der Waals surface area contributed by atoms with Gasteiger partial charge in [-0.3, -0.25) is 4.79 Å². The van der Waals surface area contributed by atoms with Crippen LogP contribution in [0, 0.1) is 16.7 Å². The zero-order chi connectivity index (χ0) is 22.6. The number of carbonyl (C=O) groups is 1. The molecule has 0 bridgehead atoms. The Bertz CT molecular complexity index is 826. The van der Waals surface area contributed by atoms with Gasteiger partial charge in [0.15, 0.2) is 6.29 Å². The first-order valence-electron chi connectivity index (χ1n) is 11.5. The zero-order valence-corrected chi connectivity index (χ0v) is 19.0. The lowest BCUT2D eigenvalue weighted by Gasteiger charge is -2.50. The third kappa shape index (κ3) is 3.76. The first-order valence-corrected chi connectivity index (χ1v) is 11.5. The lowest BCUT2D eigenvalue weighted by atomic mass is 9.57. The molecule has 0 radical (unpaired) electrons. The summed E-state index contributed by atoms with van der Waals surface area (Å²) in [6.07, 6.45) is 4.23. The Morgan fingerprint density at radius 3 is 2.55 bits per heavy atom. The van der Waals surface area contributed by atoms with Gasteiger partial charge in [0.1, 0.15) is 24.6 Å². The van der Waals surface area contributed by atoms with Crippen molar-refractivity contribution >= 4 is 6.29 Å². The normalized spacial score (nSPS) is 43.2. The molecule has 7 unspecified atom stereocenters. The topological polar surface area (TPSA) is 96.2 Å². The highest BCUT2D eigenvalue weighted by Crippen LogP contribution is 2.62. The standard InChI is InChI=1S/C25H36O6/c1-14(2)16-7-8-24(3)9-10-25(4)17(20(16)24)6-5-15(12-26)11-19(25)31-23-22(29)21(28)18(27)13-30-23/h5-6,12,14,18-19,21-23,27-29H,7-11,13H2,1-4H3. The summed E-state index contributed by atoms with van der Waals surface area (Å²) in [5.74, 6) is 0.456. The van der Waals surface area contributed by atoms with E-state index in [1.54, 1.807) is 0 Å². The lowest BCUT2D eigenvalue weighted by Crippen LogP contribution is -2.56. The molecular weight excluding hydrogens is 396 g/mol. The number of ether oxygens (including phenoxy) is 2. The Morgan fingerprint density at radius 2 is 1.87 bits per heavy atom. The second-order valence-electron chi connectivity index (χ2n) is 10.6. The van der Waals surface area contributed by atoms with Crippen LogP contribution in [0.15, 0.2) is 34.4 Å². The predicted octanol–water partition coefficient (Wildman–Crippen LogP) is 2.82. The molecule has 1 aliphatic heterocycles. The molecule has 2 fully saturated rings. The van der Waals surface area contributed by atoms with Gasteiger partial charge in [0.25, 0.3) is 0 Å². The molecule has 0 amide bonds. The minimum Gasteiger partial charge on any atom is -0.388 e. The van der Waals surface area contributed by atoms with Crippen LogP contribution in [0.3, 0.4) is 0 Å². The first kappa shape index (κ1) is 22.9. The quantitative estimate of drug-likeness (QED) is 0.591. The van der Waals surface area contributed by atoms with Crippen LogP contribution in [0.5, 0.6) is 0 Å². The van der Waals surface area contributed by atoms with Gasteiger partial charge < -0.3 is 24.8 Å². The van der Waals surface area contributed by atoms with Crippen molar-refractivity contribution in [2.75, 3.05) is 6.61 Å². The average molecular weight is 433 g/mol. The molecule has 3 N–H and O–H groups in total. The van der Waals surface area contributed by atoms with Crippen LogP contribution in [-0.4, -0.2) is 58.9 Å². The number of rotatable bonds is 4. The third-order valence-corrected chi connectivity index (χ3v) is 8.15. The lowest BCUT2D eigenvalue weighted by molar-refractivity contribution is -0.291. The van der Waals surface area contributed by atoms with E-state index in [4.69, 9.17) is 9.47 Å². The highest BCUT2D eigenvalue weighted by atomic mass is 16.7. The number of hydrogen-bond acceptors (Lipinski definition) is 6. The van der Waals surface area contributed by atoms with Gasteiger partial charge in [-0.2, -0.15) is 0 Å². The number of aldehydes is 1. The zero-order valence-electron chi connectivity index (χ0n) is 19.0. The molecule has 4 rings (SSSR count). The number of aliphatic hydroxyl groups excluding tert-OH is 3. The summed E-state index contributed by atoms with van der Waals surface area (Å²) < 4.78 is 11.9. The van der Waals surface area contributed by atoms with Crippen molar-refractivity contribution in [1.29, 1.82) is 0 Å². The molecule has 0 aromatic rings. The van der Waals surface area contributed by atoms with Crippen molar-refractivity contribution in [2.45, 2.75) is 90.5 Å². The van der Waals surface area contributed by atoms with Crippen molar-refractivity contribution in [3.63, 3.8) is 0 Å². The number of carbonyl (C=O) groups excluding carboxylic acids is 1. The van der Waals surface area contributed by atoms with Crippen LogP contribution < -0.4 is 0 Å². The van der Waals surface area contributed by atoms with Gasteiger partial charge in [0.05, 0.1) is 12.7 Å². The second kappa shape index (κ2) is 8.23. The number of hydrogen-bond donors (Lipinski definition) is 3. The van der Waals surface area contributed by atoms with Crippen LogP contribution in [0.25, 0.3) is 0 Å². The molecule has 6 heteroatoms. The van der Waals surface area contributed by atoms with E-state index < -0.39 is 30.7 Å². The molecule has 6 nitrogen and oxygen atoms in total. The summed E-state index contributed by atoms with van der Waals surface area (Å²) in [6, 6.07) is 0. The minimum absolute atomic E-state index is 0.105. The Balaban J connectivity index is 1.73. The smallest absolute Gasteiger partial charge is 0.186 e. The van der Waals surface area contributed by atoms with Gasteiger partial charge in [0.2, 0.25) is 0 Å². The predicted molar refractivity (Wildman–Crippen MR) is 116 cm³/mol. The molecule has 0 aromatic carbocycles. The second-order valence-corrected chi connectivity index (χ2v) is 10.6. The summed E-state index contributed by atoms with van der Waals surface area (Å²) in [5, 5.41) is 30.3. The van der Waals surface area contributed by atoms with Crippen molar-refractivity contribution in [3.8, 4) is 0 Å². The fraction of sp³-hybridized carbons (Fsp3) is 0.720. The summed E-state index contributed by atoms with van der Waals surface area (Å²) in [4.78, 5) is 11.8. The van der Waals surface area contributed by atoms with E-state index in [0.29, 0.717) is 17.9 Å². The Kier molecular flexibility index (Phi) is 6.07. The fourth-order valence-electron chi connectivity index (χ4n) is 5.98. The van der Waals surface area contributed by atoms with E-state index in [1.165, 1.54) is 16.7 Å². The number of aliphatic hydroxyl groups is 3. The summed E-state index contributed by atoms with van der Waals surface area (Å²) in [5.41, 5.74) is 4.57. The van der Waals surface area contributed by atoms with Crippen LogP contribution in [0.4, 0.5) is 0 Å². The maximum atomic E-state index is 11.8. The molecule has 0 spiro atoms. The van der Waals surface area contributed by atoms with Gasteiger partial charge in [-0.25, -0.2) is 0 Å². The molecule has 31 heavy (non-hydrogen) atoms. The van der Waals surface area contributed by atoms with Crippen LogP contribution >= 0.6 is 0 Å². The summed E-state index contributed by atoms with van der Waals surface area (Å²) in [7, 11) is 0. The minimum atomic E-state index is -1.35. The van der Waals surface area contributed by atoms with Crippen LogP contribution in [0.1, 0.15) is 59.8 Å². The summed E-state index contributed by atoms with van der Waals surface area (Å²) >= 11 is 0. The van der Waals surface area contributed by atoms with E-state index >= 15 is 0 Å². The SMILES string of the molecule is CC(C)C1=C2C3=CC=C(C=O)CC(OC4OCC(O)C(O)C4O)C3(C)CCC2(C)CC1. The van der Waals surface area contributed by atoms with Gasteiger partial charge in [-0.15, -0.1) is 0 Å². The highest BCUT2D eigenvalue weighted by molar-refractivity contribution is 5.74. The van der Waals surface area contributed by atoms with Gasteiger partial charge in [0, 0.05) is 11.8 Å². The molecule has 4 aliphatic rings. The maximum Gasteiger partial charge on any atom is 0.186 e. The molecule has 0 aromatic heterocycles. The molecule has 1 saturated carbocycles. The molecule has 3 aliphatic carbocycles. The van der Waals surface area contributed by atoms with E-state index in [0.717, 1.165) is 32.0 Å². The largest absolute Gasteiger partial charge is 0.388 e. The van der Waals surface area contributed by atoms with E-state index in [2.05, 4.69) is 33.8 Å². The molecule has 1 heterocycles. The monoisotopic (exact) mass is 432 g/mol. The Hall–Kier alpha value is -1.31. The molecule has 7 atom stereocenters. The summed E-state index contributed by atoms with van der Waals surface area (Å²) in [6.45, 7) is 8.93. The van der Waals surface area contributed by atoms with E-state index in [-0.39, 0.29) is 17.4 Å². The molecule has 172 valence electrons. The first-order chi connectivity index (χ1) is 14.6. The third-order valence-electron chi connectivity index (χ3n) is 8.15. The Morgan fingerprint density at radius 1 is 1.13 bits per heavy atom. The number of allylic oxidation sites excluding steroid dienone is 4. The van der Waals surface area contributed by atoms with Crippen LogP contribution in [0.2, 0.25) is 0 Å². The van der Waals surface area contributed by atoms with Crippen molar-refractivity contribution in [2.24, 2.45) is 16.7 Å². The Labute approximate surface area is 184 Å². The maximum absolute atomic E-state index is 11.8. The van der Waals surface area contributed by atoms with Gasteiger partial charge >= 0.3 is 0 Å². The number of fused-ring (bicyclic) bond motifs is 3. The van der Waals surface area contributed by atoms with Crippen LogP contribution in [-0.2, 0) is 14.3 Å². The van der Waals surface area contributed by atoms with Crippen molar-refractivity contribution in [1.82, 2.24) is 0 Å². The van der Waals surface area contributed by atoms with Crippen molar-refractivity contribution < 1.29 is 29.6 Å². The fourth-order valence-corrected chi connectivity index (χ4v) is 5.98. The highest BCUT2D eigenvalue weighted by Gasteiger charge is 2.53. The molecule has 1 saturated heterocycles. The van der Waals surface area contributed by atoms with Gasteiger partial charge in [-0.05, 0) is 53.7 Å².